The fourth-order valence-electron chi connectivity index (χ4n) is 1.74. The molecular weight excluding hydrogens is 242 g/mol. The number of aliphatic hydroxyl groups excluding tert-OH is 1. The van der Waals surface area contributed by atoms with E-state index in [4.69, 9.17) is 10.5 Å². The van der Waals surface area contributed by atoms with Crippen molar-refractivity contribution in [1.29, 1.82) is 0 Å². The average molecular weight is 257 g/mol. The Morgan fingerprint density at radius 1 is 1.16 bits per heavy atom. The highest BCUT2D eigenvalue weighted by atomic mass is 16.6. The molecule has 0 fully saturated rings. The molecule has 1 atom stereocenters. The fourth-order valence-corrected chi connectivity index (χ4v) is 1.74. The summed E-state index contributed by atoms with van der Waals surface area (Å²) in [5.41, 5.74) is 7.23. The summed E-state index contributed by atoms with van der Waals surface area (Å²) < 4.78 is 5.28. The van der Waals surface area contributed by atoms with Gasteiger partial charge < -0.3 is 15.6 Å². The predicted molar refractivity (Wildman–Crippen MR) is 72.5 cm³/mol. The molecule has 0 saturated heterocycles. The number of carbonyl (C=O) groups is 1. The third-order valence-corrected chi connectivity index (χ3v) is 2.71. The number of esters is 1. The predicted octanol–water partition coefficient (Wildman–Crippen LogP) is 2.16. The Hall–Kier alpha value is -2.33. The Balaban J connectivity index is 2.13. The van der Waals surface area contributed by atoms with Crippen LogP contribution < -0.4 is 5.73 Å². The van der Waals surface area contributed by atoms with Gasteiger partial charge in [-0.1, -0.05) is 36.4 Å². The van der Waals surface area contributed by atoms with Crippen LogP contribution in [-0.4, -0.2) is 17.7 Å². The van der Waals surface area contributed by atoms with Gasteiger partial charge in [-0.2, -0.15) is 0 Å². The van der Waals surface area contributed by atoms with Gasteiger partial charge >= 0.3 is 5.97 Å². The number of benzene rings is 2. The van der Waals surface area contributed by atoms with Crippen LogP contribution in [-0.2, 0) is 4.74 Å². The van der Waals surface area contributed by atoms with Gasteiger partial charge in [-0.3, -0.25) is 0 Å². The molecule has 0 spiro atoms. The van der Waals surface area contributed by atoms with Crippen LogP contribution in [0, 0.1) is 0 Å². The molecule has 0 bridgehead atoms. The van der Waals surface area contributed by atoms with Crippen LogP contribution >= 0.6 is 0 Å². The summed E-state index contributed by atoms with van der Waals surface area (Å²) in [5.74, 6) is -0.504. The molecule has 0 aliphatic carbocycles. The van der Waals surface area contributed by atoms with Crippen molar-refractivity contribution in [2.45, 2.75) is 6.10 Å². The summed E-state index contributed by atoms with van der Waals surface area (Å²) in [6.07, 6.45) is -0.671. The van der Waals surface area contributed by atoms with Crippen LogP contribution in [0.5, 0.6) is 0 Å². The van der Waals surface area contributed by atoms with Gasteiger partial charge in [0.25, 0.3) is 0 Å². The minimum Gasteiger partial charge on any atom is -0.451 e. The Labute approximate surface area is 111 Å². The first-order valence-corrected chi connectivity index (χ1v) is 5.93. The minimum absolute atomic E-state index is 0.266. The van der Waals surface area contributed by atoms with Crippen LogP contribution in [0.15, 0.2) is 54.6 Å². The molecule has 0 radical (unpaired) electrons. The van der Waals surface area contributed by atoms with E-state index in [1.807, 2.05) is 18.2 Å². The number of ether oxygens (including phenoxy) is 1. The molecular formula is C15H15NO3. The summed E-state index contributed by atoms with van der Waals surface area (Å²) >= 11 is 0. The van der Waals surface area contributed by atoms with E-state index in [1.54, 1.807) is 36.4 Å². The quantitative estimate of drug-likeness (QED) is 0.650. The van der Waals surface area contributed by atoms with E-state index in [0.717, 1.165) is 5.56 Å². The molecule has 0 heterocycles. The van der Waals surface area contributed by atoms with E-state index < -0.39 is 12.1 Å². The summed E-state index contributed by atoms with van der Waals surface area (Å²) in [7, 11) is 0. The molecule has 19 heavy (non-hydrogen) atoms. The number of nitrogens with two attached hydrogens (primary N) is 1. The number of aliphatic hydroxyl groups is 1. The van der Waals surface area contributed by atoms with Gasteiger partial charge in [0, 0.05) is 5.69 Å². The standard InChI is InChI=1S/C15H15NO3/c16-13-8-4-7-12(9-13)15(18)19-14(10-17)11-5-2-1-3-6-11/h1-9,14,17H,10,16H2. The molecule has 98 valence electrons. The maximum Gasteiger partial charge on any atom is 0.338 e. The van der Waals surface area contributed by atoms with Gasteiger partial charge in [0.2, 0.25) is 0 Å². The van der Waals surface area contributed by atoms with E-state index in [9.17, 15) is 9.90 Å². The highest BCUT2D eigenvalue weighted by Crippen LogP contribution is 2.19. The molecule has 1 unspecified atom stereocenters. The molecule has 2 aromatic carbocycles. The first kappa shape index (κ1) is 13.1. The number of nitrogen functional groups attached to an aromatic ring is 1. The first-order chi connectivity index (χ1) is 9.20. The molecule has 0 saturated carbocycles. The average Bonchev–Trinajstić information content (AvgIpc) is 2.45. The Bertz CT molecular complexity index is 554. The van der Waals surface area contributed by atoms with Gasteiger partial charge in [0.05, 0.1) is 12.2 Å². The van der Waals surface area contributed by atoms with Crippen LogP contribution in [0.3, 0.4) is 0 Å². The molecule has 2 aromatic rings. The van der Waals surface area contributed by atoms with E-state index >= 15 is 0 Å². The van der Waals surface area contributed by atoms with Crippen molar-refractivity contribution < 1.29 is 14.6 Å². The zero-order valence-corrected chi connectivity index (χ0v) is 10.3. The summed E-state index contributed by atoms with van der Waals surface area (Å²) in [6.45, 7) is -0.266. The lowest BCUT2D eigenvalue weighted by Gasteiger charge is -2.16. The van der Waals surface area contributed by atoms with Gasteiger partial charge in [-0.05, 0) is 23.8 Å². The SMILES string of the molecule is Nc1cccc(C(=O)OC(CO)c2ccccc2)c1. The lowest BCUT2D eigenvalue weighted by atomic mass is 10.1. The van der Waals surface area contributed by atoms with Crippen molar-refractivity contribution in [1.82, 2.24) is 0 Å². The van der Waals surface area contributed by atoms with Crippen LogP contribution in [0.4, 0.5) is 5.69 Å². The highest BCUT2D eigenvalue weighted by molar-refractivity contribution is 5.90. The van der Waals surface area contributed by atoms with Crippen LogP contribution in [0.1, 0.15) is 22.0 Å². The number of rotatable bonds is 4. The van der Waals surface area contributed by atoms with Gasteiger partial charge in [-0.25, -0.2) is 4.79 Å². The van der Waals surface area contributed by atoms with Gasteiger partial charge in [0.15, 0.2) is 6.10 Å². The summed E-state index contributed by atoms with van der Waals surface area (Å²) in [5, 5.41) is 9.33. The molecule has 4 nitrogen and oxygen atoms in total. The molecule has 0 amide bonds. The fraction of sp³-hybridized carbons (Fsp3) is 0.133. The van der Waals surface area contributed by atoms with E-state index in [-0.39, 0.29) is 6.61 Å². The Kier molecular flexibility index (Phi) is 4.15. The number of anilines is 1. The minimum atomic E-state index is -0.671. The summed E-state index contributed by atoms with van der Waals surface area (Å²) in [6, 6.07) is 15.6. The van der Waals surface area contributed by atoms with Crippen molar-refractivity contribution in [3.63, 3.8) is 0 Å². The maximum atomic E-state index is 12.0. The first-order valence-electron chi connectivity index (χ1n) is 5.93. The number of carbonyl (C=O) groups excluding carboxylic acids is 1. The van der Waals surface area contributed by atoms with E-state index in [1.165, 1.54) is 0 Å². The third-order valence-electron chi connectivity index (χ3n) is 2.71. The van der Waals surface area contributed by atoms with Crippen molar-refractivity contribution >= 4 is 11.7 Å². The maximum absolute atomic E-state index is 12.0. The van der Waals surface area contributed by atoms with Crippen molar-refractivity contribution in [3.05, 3.63) is 65.7 Å². The van der Waals surface area contributed by atoms with E-state index in [0.29, 0.717) is 11.3 Å². The second-order valence-corrected chi connectivity index (χ2v) is 4.11. The third kappa shape index (κ3) is 3.33. The normalized spacial score (nSPS) is 11.8. The number of hydrogen-bond donors (Lipinski definition) is 2. The molecule has 4 heteroatoms. The molecule has 2 rings (SSSR count). The summed E-state index contributed by atoms with van der Waals surface area (Å²) in [4.78, 5) is 12.0. The van der Waals surface area contributed by atoms with Crippen LogP contribution in [0.2, 0.25) is 0 Å². The molecule has 0 aliphatic heterocycles. The zero-order chi connectivity index (χ0) is 13.7. The second-order valence-electron chi connectivity index (χ2n) is 4.11. The lowest BCUT2D eigenvalue weighted by Crippen LogP contribution is -2.15. The van der Waals surface area contributed by atoms with Crippen LogP contribution in [0.25, 0.3) is 0 Å². The molecule has 0 aromatic heterocycles. The Morgan fingerprint density at radius 3 is 2.53 bits per heavy atom. The monoisotopic (exact) mass is 257 g/mol. The Morgan fingerprint density at radius 2 is 1.89 bits per heavy atom. The molecule has 0 aliphatic rings. The topological polar surface area (TPSA) is 72.6 Å². The lowest BCUT2D eigenvalue weighted by molar-refractivity contribution is 0.0133. The van der Waals surface area contributed by atoms with Gasteiger partial charge in [0.1, 0.15) is 0 Å². The van der Waals surface area contributed by atoms with Crippen molar-refractivity contribution in [2.24, 2.45) is 0 Å². The zero-order valence-electron chi connectivity index (χ0n) is 10.3. The highest BCUT2D eigenvalue weighted by Gasteiger charge is 2.16. The largest absolute Gasteiger partial charge is 0.451 e. The van der Waals surface area contributed by atoms with Crippen molar-refractivity contribution in [2.75, 3.05) is 12.3 Å². The second kappa shape index (κ2) is 6.02. The van der Waals surface area contributed by atoms with Crippen molar-refractivity contribution in [3.8, 4) is 0 Å². The van der Waals surface area contributed by atoms with Gasteiger partial charge in [-0.15, -0.1) is 0 Å². The number of hydrogen-bond acceptors (Lipinski definition) is 4. The molecule has 3 N–H and O–H groups in total. The smallest absolute Gasteiger partial charge is 0.338 e. The van der Waals surface area contributed by atoms with E-state index in [2.05, 4.69) is 0 Å².